The summed E-state index contributed by atoms with van der Waals surface area (Å²) in [5.74, 6) is -1.43. The molecule has 0 unspecified atom stereocenters. The molecule has 0 radical (unpaired) electrons. The summed E-state index contributed by atoms with van der Waals surface area (Å²) in [6, 6.07) is 15.2. The van der Waals surface area contributed by atoms with Gasteiger partial charge in [-0.1, -0.05) is 30.3 Å². The van der Waals surface area contributed by atoms with E-state index in [9.17, 15) is 22.8 Å². The van der Waals surface area contributed by atoms with E-state index in [1.807, 2.05) is 17.5 Å². The van der Waals surface area contributed by atoms with E-state index in [-0.39, 0.29) is 29.7 Å². The molecule has 0 aliphatic carbocycles. The molecule has 2 atom stereocenters. The summed E-state index contributed by atoms with van der Waals surface area (Å²) in [5.41, 5.74) is 0.492. The van der Waals surface area contributed by atoms with Gasteiger partial charge in [0.05, 0.1) is 25.3 Å². The normalized spacial score (nSPS) is 18.3. The first kappa shape index (κ1) is 27.8. The van der Waals surface area contributed by atoms with Crippen LogP contribution in [-0.2, 0) is 30.9 Å². The molecule has 3 amide bonds. The topological polar surface area (TPSA) is 122 Å². The number of carbonyl (C=O) groups excluding carboxylic acids is 3. The number of methoxy groups -OCH3 is 1. The predicted octanol–water partition coefficient (Wildman–Crippen LogP) is 2.97. The SMILES string of the molecule is COc1cccc([C@@H](C(=O)NC[C@H]2CCCO2)N(Cc2cccs2)C(=O)CN2C(=O)c3ccccc3S2(=O)=O)c1. The van der Waals surface area contributed by atoms with Crippen molar-refractivity contribution in [1.82, 2.24) is 14.5 Å². The minimum atomic E-state index is -4.23. The highest BCUT2D eigenvalue weighted by atomic mass is 32.2. The van der Waals surface area contributed by atoms with E-state index in [0.29, 0.717) is 22.2 Å². The van der Waals surface area contributed by atoms with E-state index in [2.05, 4.69) is 5.32 Å². The van der Waals surface area contributed by atoms with Crippen LogP contribution in [0.15, 0.2) is 70.9 Å². The van der Waals surface area contributed by atoms with Crippen LogP contribution in [0, 0.1) is 0 Å². The maximum Gasteiger partial charge on any atom is 0.269 e. The summed E-state index contributed by atoms with van der Waals surface area (Å²) < 4.78 is 38.0. The second-order valence-corrected chi connectivity index (χ2v) is 12.3. The second kappa shape index (κ2) is 11.8. The summed E-state index contributed by atoms with van der Waals surface area (Å²) in [6.07, 6.45) is 1.60. The number of thiophene rings is 1. The summed E-state index contributed by atoms with van der Waals surface area (Å²) in [5, 5.41) is 4.76. The van der Waals surface area contributed by atoms with Crippen molar-refractivity contribution in [1.29, 1.82) is 0 Å². The zero-order chi connectivity index (χ0) is 28.3. The fraction of sp³-hybridized carbons (Fsp3) is 0.321. The van der Waals surface area contributed by atoms with Crippen molar-refractivity contribution in [2.45, 2.75) is 36.4 Å². The summed E-state index contributed by atoms with van der Waals surface area (Å²) in [7, 11) is -2.73. The smallest absolute Gasteiger partial charge is 0.269 e. The van der Waals surface area contributed by atoms with Gasteiger partial charge in [-0.15, -0.1) is 11.3 Å². The summed E-state index contributed by atoms with van der Waals surface area (Å²) in [4.78, 5) is 42.8. The van der Waals surface area contributed by atoms with Gasteiger partial charge >= 0.3 is 0 Å². The maximum atomic E-state index is 14.0. The molecule has 2 aliphatic rings. The zero-order valence-corrected chi connectivity index (χ0v) is 23.4. The van der Waals surface area contributed by atoms with Gasteiger partial charge in [-0.05, 0) is 54.1 Å². The van der Waals surface area contributed by atoms with Gasteiger partial charge in [-0.25, -0.2) is 12.7 Å². The maximum absolute atomic E-state index is 14.0. The average molecular weight is 584 g/mol. The Balaban J connectivity index is 1.50. The lowest BCUT2D eigenvalue weighted by Gasteiger charge is -2.32. The minimum Gasteiger partial charge on any atom is -0.497 e. The molecule has 1 N–H and O–H groups in total. The fourth-order valence-corrected chi connectivity index (χ4v) is 7.12. The number of rotatable bonds is 10. The van der Waals surface area contributed by atoms with Crippen molar-refractivity contribution >= 4 is 39.1 Å². The molecule has 5 rings (SSSR count). The first-order chi connectivity index (χ1) is 19.3. The van der Waals surface area contributed by atoms with Gasteiger partial charge in [0.25, 0.3) is 15.9 Å². The Morgan fingerprint density at radius 2 is 2.00 bits per heavy atom. The molecule has 210 valence electrons. The van der Waals surface area contributed by atoms with Crippen molar-refractivity contribution in [2.24, 2.45) is 0 Å². The number of amides is 3. The first-order valence-corrected chi connectivity index (χ1v) is 15.1. The number of fused-ring (bicyclic) bond motifs is 1. The molecule has 40 heavy (non-hydrogen) atoms. The van der Waals surface area contributed by atoms with Crippen molar-refractivity contribution in [2.75, 3.05) is 26.8 Å². The van der Waals surface area contributed by atoms with Gasteiger partial charge in [0.1, 0.15) is 23.2 Å². The summed E-state index contributed by atoms with van der Waals surface area (Å²) >= 11 is 1.40. The Bertz CT molecular complexity index is 1500. The highest BCUT2D eigenvalue weighted by Crippen LogP contribution is 2.32. The molecular weight excluding hydrogens is 554 g/mol. The third kappa shape index (κ3) is 5.60. The van der Waals surface area contributed by atoms with Crippen molar-refractivity contribution < 1.29 is 32.3 Å². The van der Waals surface area contributed by atoms with Gasteiger partial charge in [0.15, 0.2) is 0 Å². The molecule has 1 saturated heterocycles. The molecule has 0 bridgehead atoms. The van der Waals surface area contributed by atoms with Gasteiger partial charge in [0, 0.05) is 18.0 Å². The lowest BCUT2D eigenvalue weighted by molar-refractivity contribution is -0.141. The van der Waals surface area contributed by atoms with Gasteiger partial charge in [-0.3, -0.25) is 14.4 Å². The number of nitrogens with one attached hydrogen (secondary N) is 1. The third-order valence-corrected chi connectivity index (χ3v) is 9.56. The largest absolute Gasteiger partial charge is 0.497 e. The Morgan fingerprint density at radius 3 is 2.70 bits per heavy atom. The number of hydrogen-bond acceptors (Lipinski definition) is 8. The molecule has 1 fully saturated rings. The van der Waals surface area contributed by atoms with E-state index < -0.39 is 40.3 Å². The molecule has 12 heteroatoms. The first-order valence-electron chi connectivity index (χ1n) is 12.8. The molecule has 0 spiro atoms. The quantitative estimate of drug-likeness (QED) is 0.389. The summed E-state index contributed by atoms with van der Waals surface area (Å²) in [6.45, 7) is 0.180. The number of carbonyl (C=O) groups is 3. The van der Waals surface area contributed by atoms with Crippen molar-refractivity contribution in [3.63, 3.8) is 0 Å². The molecule has 2 aromatic carbocycles. The average Bonchev–Trinajstić information content (AvgIpc) is 3.71. The fourth-order valence-electron chi connectivity index (χ4n) is 4.90. The Hall–Kier alpha value is -3.74. The van der Waals surface area contributed by atoms with Crippen LogP contribution in [0.5, 0.6) is 5.75 Å². The van der Waals surface area contributed by atoms with Crippen LogP contribution in [0.2, 0.25) is 0 Å². The molecule has 3 aromatic rings. The van der Waals surface area contributed by atoms with E-state index in [4.69, 9.17) is 9.47 Å². The van der Waals surface area contributed by atoms with Crippen molar-refractivity contribution in [3.8, 4) is 5.75 Å². The van der Waals surface area contributed by atoms with Crippen LogP contribution in [0.3, 0.4) is 0 Å². The second-order valence-electron chi connectivity index (χ2n) is 9.47. The Kier molecular flexibility index (Phi) is 8.19. The number of ether oxygens (including phenoxy) is 2. The number of sulfonamides is 1. The molecule has 10 nitrogen and oxygen atoms in total. The highest BCUT2D eigenvalue weighted by molar-refractivity contribution is 7.90. The minimum absolute atomic E-state index is 0.0127. The molecule has 2 aliphatic heterocycles. The molecule has 0 saturated carbocycles. The van der Waals surface area contributed by atoms with Crippen LogP contribution in [0.1, 0.15) is 39.7 Å². The van der Waals surface area contributed by atoms with Crippen LogP contribution in [-0.4, -0.2) is 68.3 Å². The van der Waals surface area contributed by atoms with Gasteiger partial charge in [-0.2, -0.15) is 0 Å². The molecule has 1 aromatic heterocycles. The van der Waals surface area contributed by atoms with E-state index >= 15 is 0 Å². The van der Waals surface area contributed by atoms with Crippen LogP contribution < -0.4 is 10.1 Å². The third-order valence-electron chi connectivity index (χ3n) is 6.92. The standard InChI is InChI=1S/C28H29N3O7S2/c1-37-20-8-4-7-19(15-20)26(27(33)29-16-21-9-5-13-38-21)30(17-22-10-6-14-39-22)25(32)18-31-28(34)23-11-2-3-12-24(23)40(31,35)36/h2-4,6-8,10-12,14-15,21,26H,5,9,13,16-18H2,1H3,(H,29,33)/t21-,26+/m1/s1. The molecule has 3 heterocycles. The van der Waals surface area contributed by atoms with E-state index in [1.54, 1.807) is 30.3 Å². The lowest BCUT2D eigenvalue weighted by atomic mass is 10.0. The van der Waals surface area contributed by atoms with E-state index in [0.717, 1.165) is 17.7 Å². The highest BCUT2D eigenvalue weighted by Gasteiger charge is 2.43. The number of hydrogen-bond donors (Lipinski definition) is 1. The molecular formula is C28H29N3O7S2. The van der Waals surface area contributed by atoms with Gasteiger partial charge in [0.2, 0.25) is 11.8 Å². The van der Waals surface area contributed by atoms with Crippen LogP contribution >= 0.6 is 11.3 Å². The van der Waals surface area contributed by atoms with Gasteiger partial charge < -0.3 is 19.7 Å². The monoisotopic (exact) mass is 583 g/mol. The van der Waals surface area contributed by atoms with Crippen LogP contribution in [0.25, 0.3) is 0 Å². The van der Waals surface area contributed by atoms with Crippen molar-refractivity contribution in [3.05, 3.63) is 82.0 Å². The predicted molar refractivity (Wildman–Crippen MR) is 147 cm³/mol. The van der Waals surface area contributed by atoms with E-state index in [1.165, 1.54) is 41.5 Å². The zero-order valence-electron chi connectivity index (χ0n) is 21.8. The number of benzene rings is 2. The number of nitrogens with zero attached hydrogens (tertiary/aromatic N) is 2. The Morgan fingerprint density at radius 1 is 1.18 bits per heavy atom. The lowest BCUT2D eigenvalue weighted by Crippen LogP contribution is -2.48. The Labute approximate surface area is 236 Å². The van der Waals surface area contributed by atoms with Crippen LogP contribution in [0.4, 0.5) is 0 Å².